The van der Waals surface area contributed by atoms with Crippen LogP contribution < -0.4 is 0 Å². The van der Waals surface area contributed by atoms with Crippen molar-refractivity contribution >= 4 is 5.97 Å². The summed E-state index contributed by atoms with van der Waals surface area (Å²) in [5.41, 5.74) is -0.581. The van der Waals surface area contributed by atoms with Gasteiger partial charge < -0.3 is 9.84 Å². The van der Waals surface area contributed by atoms with Crippen LogP contribution >= 0.6 is 0 Å². The Hall–Kier alpha value is -1.49. The highest BCUT2D eigenvalue weighted by atomic mass is 19.1. The molecule has 0 bridgehead atoms. The van der Waals surface area contributed by atoms with Crippen LogP contribution in [0.4, 0.5) is 8.78 Å². The van der Waals surface area contributed by atoms with Gasteiger partial charge in [0.25, 0.3) is 0 Å². The Morgan fingerprint density at radius 2 is 1.93 bits per heavy atom. The molecule has 0 amide bonds. The van der Waals surface area contributed by atoms with Gasteiger partial charge in [0, 0.05) is 7.11 Å². The van der Waals surface area contributed by atoms with Crippen LogP contribution in [0.5, 0.6) is 0 Å². The normalized spacial score (nSPS) is 12.5. The maximum atomic E-state index is 13.1. The second-order valence-electron chi connectivity index (χ2n) is 2.59. The predicted octanol–water partition coefficient (Wildman–Crippen LogP) is 1.74. The Morgan fingerprint density at radius 1 is 1.43 bits per heavy atom. The Labute approximate surface area is 78.9 Å². The fraction of sp³-hybridized carbons (Fsp3) is 0.222. The Morgan fingerprint density at radius 3 is 2.29 bits per heavy atom. The lowest BCUT2D eigenvalue weighted by molar-refractivity contribution is -0.149. The van der Waals surface area contributed by atoms with Gasteiger partial charge in [-0.05, 0) is 12.1 Å². The molecule has 0 aromatic heterocycles. The first-order chi connectivity index (χ1) is 6.57. The van der Waals surface area contributed by atoms with E-state index >= 15 is 0 Å². The maximum absolute atomic E-state index is 13.1. The fourth-order valence-electron chi connectivity index (χ4n) is 1.10. The molecular formula is C9H8F2O3. The summed E-state index contributed by atoms with van der Waals surface area (Å²) in [6.07, 6.45) is -1.61. The number of carbonyl (C=O) groups is 1. The smallest absolute Gasteiger partial charge is 0.337 e. The largest absolute Gasteiger partial charge is 0.479 e. The van der Waals surface area contributed by atoms with Gasteiger partial charge in [-0.15, -0.1) is 0 Å². The average Bonchev–Trinajstić information content (AvgIpc) is 2.10. The third-order valence-corrected chi connectivity index (χ3v) is 1.72. The first-order valence-corrected chi connectivity index (χ1v) is 3.77. The van der Waals surface area contributed by atoms with E-state index in [-0.39, 0.29) is 0 Å². The molecule has 1 aromatic rings. The summed E-state index contributed by atoms with van der Waals surface area (Å²) in [5, 5.41) is 8.62. The molecule has 14 heavy (non-hydrogen) atoms. The molecule has 0 radical (unpaired) electrons. The van der Waals surface area contributed by atoms with Crippen molar-refractivity contribution in [1.82, 2.24) is 0 Å². The van der Waals surface area contributed by atoms with E-state index in [0.29, 0.717) is 0 Å². The van der Waals surface area contributed by atoms with Crippen LogP contribution in [0.1, 0.15) is 11.7 Å². The quantitative estimate of drug-likeness (QED) is 0.811. The van der Waals surface area contributed by atoms with Gasteiger partial charge in [-0.2, -0.15) is 0 Å². The number of methoxy groups -OCH3 is 1. The number of carboxylic acids is 1. The van der Waals surface area contributed by atoms with E-state index in [2.05, 4.69) is 4.74 Å². The van der Waals surface area contributed by atoms with Gasteiger partial charge in [-0.3, -0.25) is 0 Å². The maximum Gasteiger partial charge on any atom is 0.337 e. The molecule has 76 valence electrons. The highest BCUT2D eigenvalue weighted by Gasteiger charge is 2.25. The zero-order valence-electron chi connectivity index (χ0n) is 7.33. The van der Waals surface area contributed by atoms with E-state index in [1.807, 2.05) is 0 Å². The molecule has 0 saturated heterocycles. The average molecular weight is 202 g/mol. The van der Waals surface area contributed by atoms with Crippen LogP contribution in [0.3, 0.4) is 0 Å². The van der Waals surface area contributed by atoms with Crippen LogP contribution in [0.25, 0.3) is 0 Å². The molecule has 0 unspecified atom stereocenters. The van der Waals surface area contributed by atoms with Crippen LogP contribution in [-0.4, -0.2) is 18.2 Å². The zero-order chi connectivity index (χ0) is 10.7. The standard InChI is InChI=1S/C9H8F2O3/c1-14-8(9(12)13)7-5(10)3-2-4-6(7)11/h2-4,8H,1H3,(H,12,13)/t8-/m1/s1. The number of aliphatic carboxylic acids is 1. The Balaban J connectivity index is 3.22. The van der Waals surface area contributed by atoms with E-state index in [1.54, 1.807) is 0 Å². The van der Waals surface area contributed by atoms with Crippen molar-refractivity contribution < 1.29 is 23.4 Å². The molecule has 0 aliphatic heterocycles. The van der Waals surface area contributed by atoms with Crippen LogP contribution in [0, 0.1) is 11.6 Å². The molecule has 0 aliphatic carbocycles. The summed E-state index contributed by atoms with van der Waals surface area (Å²) in [6, 6.07) is 3.11. The SMILES string of the molecule is CO[C@@H](C(=O)O)c1c(F)cccc1F. The lowest BCUT2D eigenvalue weighted by Crippen LogP contribution is -2.16. The minimum Gasteiger partial charge on any atom is -0.479 e. The Bertz CT molecular complexity index is 332. The van der Waals surface area contributed by atoms with E-state index < -0.39 is 29.3 Å². The van der Waals surface area contributed by atoms with E-state index in [4.69, 9.17) is 5.11 Å². The van der Waals surface area contributed by atoms with Gasteiger partial charge in [0.1, 0.15) is 11.6 Å². The van der Waals surface area contributed by atoms with Gasteiger partial charge in [-0.25, -0.2) is 13.6 Å². The summed E-state index contributed by atoms with van der Waals surface area (Å²) < 4.78 is 30.6. The number of rotatable bonds is 3. The minimum atomic E-state index is -1.61. The molecule has 1 rings (SSSR count). The highest BCUT2D eigenvalue weighted by Crippen LogP contribution is 2.23. The summed E-state index contributed by atoms with van der Waals surface area (Å²) >= 11 is 0. The summed E-state index contributed by atoms with van der Waals surface area (Å²) in [5.74, 6) is -3.30. The van der Waals surface area contributed by atoms with Crippen molar-refractivity contribution in [2.24, 2.45) is 0 Å². The number of halogens is 2. The van der Waals surface area contributed by atoms with Crippen molar-refractivity contribution in [1.29, 1.82) is 0 Å². The van der Waals surface area contributed by atoms with Crippen molar-refractivity contribution in [2.45, 2.75) is 6.10 Å². The molecule has 5 heteroatoms. The van der Waals surface area contributed by atoms with Crippen molar-refractivity contribution in [3.63, 3.8) is 0 Å². The van der Waals surface area contributed by atoms with Gasteiger partial charge in [0.2, 0.25) is 0 Å². The third-order valence-electron chi connectivity index (χ3n) is 1.72. The van der Waals surface area contributed by atoms with Gasteiger partial charge in [0.15, 0.2) is 6.10 Å². The number of ether oxygens (including phenoxy) is 1. The van der Waals surface area contributed by atoms with Crippen molar-refractivity contribution in [3.05, 3.63) is 35.4 Å². The van der Waals surface area contributed by atoms with Crippen LogP contribution in [0.2, 0.25) is 0 Å². The number of hydrogen-bond acceptors (Lipinski definition) is 2. The van der Waals surface area contributed by atoms with E-state index in [0.717, 1.165) is 25.3 Å². The molecular weight excluding hydrogens is 194 g/mol. The highest BCUT2D eigenvalue weighted by molar-refractivity contribution is 5.74. The van der Waals surface area contributed by atoms with E-state index in [9.17, 15) is 13.6 Å². The lowest BCUT2D eigenvalue weighted by Gasteiger charge is -2.12. The summed E-state index contributed by atoms with van der Waals surface area (Å²) in [7, 11) is 1.07. The number of carboxylic acid groups (broad SMARTS) is 1. The Kier molecular flexibility index (Phi) is 3.14. The molecule has 0 aliphatic rings. The van der Waals surface area contributed by atoms with Gasteiger partial charge >= 0.3 is 5.97 Å². The summed E-state index contributed by atoms with van der Waals surface area (Å²) in [4.78, 5) is 10.6. The monoisotopic (exact) mass is 202 g/mol. The molecule has 1 aromatic carbocycles. The predicted molar refractivity (Wildman–Crippen MR) is 43.7 cm³/mol. The fourth-order valence-corrected chi connectivity index (χ4v) is 1.10. The lowest BCUT2D eigenvalue weighted by atomic mass is 10.1. The number of benzene rings is 1. The topological polar surface area (TPSA) is 46.5 Å². The summed E-state index contributed by atoms with van der Waals surface area (Å²) in [6.45, 7) is 0. The van der Waals surface area contributed by atoms with Crippen LogP contribution in [-0.2, 0) is 9.53 Å². The first kappa shape index (κ1) is 10.6. The molecule has 0 spiro atoms. The van der Waals surface area contributed by atoms with Gasteiger partial charge in [0.05, 0.1) is 5.56 Å². The zero-order valence-corrected chi connectivity index (χ0v) is 7.33. The van der Waals surface area contributed by atoms with Gasteiger partial charge in [-0.1, -0.05) is 6.07 Å². The van der Waals surface area contributed by atoms with Crippen molar-refractivity contribution in [3.8, 4) is 0 Å². The molecule has 0 fully saturated rings. The van der Waals surface area contributed by atoms with Crippen LogP contribution in [0.15, 0.2) is 18.2 Å². The number of hydrogen-bond donors (Lipinski definition) is 1. The van der Waals surface area contributed by atoms with E-state index in [1.165, 1.54) is 0 Å². The first-order valence-electron chi connectivity index (χ1n) is 3.77. The third kappa shape index (κ3) is 1.88. The minimum absolute atomic E-state index is 0.581. The molecule has 0 saturated carbocycles. The van der Waals surface area contributed by atoms with Crippen molar-refractivity contribution in [2.75, 3.05) is 7.11 Å². The molecule has 1 atom stereocenters. The molecule has 3 nitrogen and oxygen atoms in total. The second kappa shape index (κ2) is 4.15. The second-order valence-corrected chi connectivity index (χ2v) is 2.59. The molecule has 0 heterocycles. The molecule has 1 N–H and O–H groups in total.